The SMILES string of the molecule is CCCCP(CCCC)(CCCC)(O[Cl+3]([O-])([O-])[O-])C1SC(C)=C(C)S1. The van der Waals surface area contributed by atoms with Crippen LogP contribution < -0.4 is 14.0 Å². The maximum atomic E-state index is 11.9. The van der Waals surface area contributed by atoms with Crippen molar-refractivity contribution in [3.05, 3.63) is 9.81 Å². The van der Waals surface area contributed by atoms with Gasteiger partial charge in [0.2, 0.25) is 0 Å². The molecule has 0 aliphatic carbocycles. The normalized spacial score (nSPS) is 18.6. The standard InChI is InChI=1S/C17H34ClO4PS2/c1-6-9-12-23(13-10-7-2,14-11-8-3,22-18(19,20)21)17-24-15(4)16(5)25-17/h17H,6-14H2,1-5H3. The summed E-state index contributed by atoms with van der Waals surface area (Å²) in [6.07, 6.45) is 7.86. The monoisotopic (exact) mass is 432 g/mol. The molecule has 0 N–H and O–H groups in total. The van der Waals surface area contributed by atoms with E-state index in [1.807, 2.05) is 0 Å². The number of rotatable bonds is 12. The molecule has 1 rings (SSSR count). The summed E-state index contributed by atoms with van der Waals surface area (Å²) in [5, 5.41) is 0. The molecule has 0 radical (unpaired) electrons. The quantitative estimate of drug-likeness (QED) is 0.436. The van der Waals surface area contributed by atoms with Gasteiger partial charge in [0.05, 0.1) is 0 Å². The summed E-state index contributed by atoms with van der Waals surface area (Å²) < 4.78 is 41.4. The fourth-order valence-corrected chi connectivity index (χ4v) is 18.7. The minimum atomic E-state index is -4.43. The number of unbranched alkanes of at least 4 members (excludes halogenated alkanes) is 3. The van der Waals surface area contributed by atoms with Crippen LogP contribution >= 0.6 is 30.4 Å². The van der Waals surface area contributed by atoms with Gasteiger partial charge in [-0.15, -0.1) is 0 Å². The molecule has 0 aromatic rings. The predicted molar refractivity (Wildman–Crippen MR) is 105 cm³/mol. The molecule has 8 heteroatoms. The first-order valence-corrected chi connectivity index (χ1v) is 15.0. The molecule has 0 amide bonds. The summed E-state index contributed by atoms with van der Waals surface area (Å²) in [4.78, 5) is 2.47. The third-order valence-electron chi connectivity index (χ3n) is 5.00. The molecule has 150 valence electrons. The summed E-state index contributed by atoms with van der Waals surface area (Å²) in [6, 6.07) is 0. The number of hydrogen-bond acceptors (Lipinski definition) is 6. The first-order chi connectivity index (χ1) is 11.6. The van der Waals surface area contributed by atoms with Gasteiger partial charge in [0, 0.05) is 0 Å². The van der Waals surface area contributed by atoms with Gasteiger partial charge in [0.15, 0.2) is 0 Å². The van der Waals surface area contributed by atoms with E-state index in [0.717, 1.165) is 57.0 Å². The van der Waals surface area contributed by atoms with E-state index >= 15 is 0 Å². The fourth-order valence-electron chi connectivity index (χ4n) is 3.39. The Balaban J connectivity index is 3.41. The van der Waals surface area contributed by atoms with Gasteiger partial charge in [-0.25, -0.2) is 0 Å². The molecular formula is C17H34ClO4PS2. The molecule has 0 saturated heterocycles. The molecule has 1 aliphatic rings. The number of hydrogen-bond donors (Lipinski definition) is 0. The van der Waals surface area contributed by atoms with Gasteiger partial charge in [0.25, 0.3) is 0 Å². The summed E-state index contributed by atoms with van der Waals surface area (Å²) in [5.41, 5.74) is 0. The first kappa shape index (κ1) is 24.0. The van der Waals surface area contributed by atoms with E-state index in [-0.39, 0.29) is 4.32 Å². The van der Waals surface area contributed by atoms with Crippen LogP contribution in [0.4, 0.5) is 0 Å². The Bertz CT molecular complexity index is 430. The average Bonchev–Trinajstić information content (AvgIpc) is 2.88. The van der Waals surface area contributed by atoms with Crippen LogP contribution in [0.5, 0.6) is 0 Å². The van der Waals surface area contributed by atoms with Crippen molar-refractivity contribution >= 4 is 30.4 Å². The van der Waals surface area contributed by atoms with Gasteiger partial charge in [-0.3, -0.25) is 0 Å². The average molecular weight is 433 g/mol. The van der Waals surface area contributed by atoms with Crippen LogP contribution in [0.15, 0.2) is 9.81 Å². The number of halogens is 1. The third-order valence-corrected chi connectivity index (χ3v) is 18.7. The summed E-state index contributed by atoms with van der Waals surface area (Å²) >= 11 is 3.48. The van der Waals surface area contributed by atoms with Gasteiger partial charge in [0.1, 0.15) is 0 Å². The maximum absolute atomic E-state index is 11.9. The second-order valence-corrected chi connectivity index (χ2v) is 17.3. The Morgan fingerprint density at radius 3 is 1.48 bits per heavy atom. The van der Waals surface area contributed by atoms with E-state index in [4.69, 9.17) is 4.08 Å². The molecule has 25 heavy (non-hydrogen) atoms. The molecule has 0 bridgehead atoms. The van der Waals surface area contributed by atoms with Crippen LogP contribution in [0.25, 0.3) is 0 Å². The summed E-state index contributed by atoms with van der Waals surface area (Å²) in [7, 11) is -4.43. The van der Waals surface area contributed by atoms with Gasteiger partial charge in [-0.2, -0.15) is 0 Å². The van der Waals surface area contributed by atoms with Crippen molar-refractivity contribution in [2.24, 2.45) is 0 Å². The fraction of sp³-hybridized carbons (Fsp3) is 0.882. The Morgan fingerprint density at radius 2 is 1.20 bits per heavy atom. The van der Waals surface area contributed by atoms with Gasteiger partial charge in [-0.05, 0) is 0 Å². The Hall–Kier alpha value is 1.000. The third kappa shape index (κ3) is 6.25. The molecule has 0 aromatic heterocycles. The molecule has 0 atom stereocenters. The van der Waals surface area contributed by atoms with Crippen LogP contribution in [0.2, 0.25) is 0 Å². The summed E-state index contributed by atoms with van der Waals surface area (Å²) in [5.74, 6) is 0. The van der Waals surface area contributed by atoms with Crippen molar-refractivity contribution in [2.45, 2.75) is 77.5 Å². The van der Waals surface area contributed by atoms with Gasteiger partial charge in [-0.1, -0.05) is 0 Å². The first-order valence-electron chi connectivity index (χ1n) is 9.26. The van der Waals surface area contributed by atoms with E-state index in [1.54, 1.807) is 23.5 Å². The molecule has 0 aromatic carbocycles. The summed E-state index contributed by atoms with van der Waals surface area (Å²) in [6.45, 7) is 7.27. The molecule has 0 spiro atoms. The van der Waals surface area contributed by atoms with Crippen molar-refractivity contribution in [1.29, 1.82) is 0 Å². The second-order valence-electron chi connectivity index (χ2n) is 7.04. The van der Waals surface area contributed by atoms with Crippen LogP contribution in [-0.2, 0) is 4.08 Å². The second kappa shape index (κ2) is 9.97. The van der Waals surface area contributed by atoms with E-state index in [9.17, 15) is 14.0 Å². The molecule has 0 saturated carbocycles. The van der Waals surface area contributed by atoms with Gasteiger partial charge < -0.3 is 0 Å². The topological polar surface area (TPSA) is 78.4 Å². The van der Waals surface area contributed by atoms with Crippen LogP contribution in [0.1, 0.15) is 73.1 Å². The zero-order valence-electron chi connectivity index (χ0n) is 16.2. The zero-order chi connectivity index (χ0) is 19.2. The Labute approximate surface area is 164 Å². The van der Waals surface area contributed by atoms with E-state index in [0.29, 0.717) is 0 Å². The number of thioether (sulfide) groups is 2. The van der Waals surface area contributed by atoms with E-state index < -0.39 is 17.1 Å². The Morgan fingerprint density at radius 1 is 0.840 bits per heavy atom. The molecule has 1 aliphatic heterocycles. The molecular weight excluding hydrogens is 399 g/mol. The predicted octanol–water partition coefficient (Wildman–Crippen LogP) is 3.78. The Kier molecular flexibility index (Phi) is 9.59. The van der Waals surface area contributed by atoms with Crippen molar-refractivity contribution in [2.75, 3.05) is 18.5 Å². The van der Waals surface area contributed by atoms with Crippen LogP contribution in [-0.4, -0.2) is 22.8 Å². The molecule has 1 heterocycles. The van der Waals surface area contributed by atoms with Crippen molar-refractivity contribution in [3.63, 3.8) is 0 Å². The van der Waals surface area contributed by atoms with Crippen LogP contribution in [0.3, 0.4) is 0 Å². The van der Waals surface area contributed by atoms with Crippen molar-refractivity contribution in [1.82, 2.24) is 0 Å². The van der Waals surface area contributed by atoms with E-state index in [2.05, 4.69) is 34.6 Å². The van der Waals surface area contributed by atoms with Crippen LogP contribution in [0, 0.1) is 10.2 Å². The van der Waals surface area contributed by atoms with Crippen molar-refractivity contribution in [3.8, 4) is 0 Å². The molecule has 0 fully saturated rings. The van der Waals surface area contributed by atoms with Gasteiger partial charge >= 0.3 is 164 Å². The van der Waals surface area contributed by atoms with E-state index in [1.165, 1.54) is 9.81 Å². The molecule has 4 nitrogen and oxygen atoms in total. The zero-order valence-corrected chi connectivity index (χ0v) is 19.5. The minimum absolute atomic E-state index is 0.0341. The number of allylic oxidation sites excluding steroid dienone is 2. The van der Waals surface area contributed by atoms with Crippen molar-refractivity contribution < 1.29 is 28.3 Å². The molecule has 0 unspecified atom stereocenters.